The quantitative estimate of drug-likeness (QED) is 0.669. The van der Waals surface area contributed by atoms with Gasteiger partial charge in [-0.25, -0.2) is 4.98 Å². The molecule has 152 valence electrons. The molecule has 3 amide bonds. The fourth-order valence-corrected chi connectivity index (χ4v) is 4.49. The molecule has 29 heavy (non-hydrogen) atoms. The molecule has 0 spiro atoms. The van der Waals surface area contributed by atoms with Crippen LogP contribution >= 0.6 is 11.3 Å². The van der Waals surface area contributed by atoms with E-state index in [0.29, 0.717) is 22.9 Å². The normalized spacial score (nSPS) is 16.6. The number of thiazole rings is 1. The molecule has 1 aliphatic carbocycles. The first-order valence-corrected chi connectivity index (χ1v) is 10.5. The summed E-state index contributed by atoms with van der Waals surface area (Å²) in [4.78, 5) is 43.3. The monoisotopic (exact) mass is 413 g/mol. The maximum atomic E-state index is 12.4. The van der Waals surface area contributed by atoms with Crippen LogP contribution in [0.15, 0.2) is 24.3 Å². The summed E-state index contributed by atoms with van der Waals surface area (Å²) in [7, 11) is 0. The fourth-order valence-electron chi connectivity index (χ4n) is 3.44. The highest BCUT2D eigenvalue weighted by Gasteiger charge is 2.27. The number of nitrogens with one attached hydrogen (secondary N) is 2. The lowest BCUT2D eigenvalue weighted by molar-refractivity contribution is -0.122. The molecule has 4 rings (SSSR count). The van der Waals surface area contributed by atoms with Gasteiger partial charge in [0.2, 0.25) is 17.7 Å². The lowest BCUT2D eigenvalue weighted by Gasteiger charge is -2.25. The van der Waals surface area contributed by atoms with Crippen molar-refractivity contribution in [1.29, 1.82) is 0 Å². The minimum absolute atomic E-state index is 0.0703. The molecule has 8 nitrogen and oxygen atoms in total. The number of benzene rings is 1. The average Bonchev–Trinajstić information content (AvgIpc) is 3.01. The molecule has 0 radical (unpaired) electrons. The number of fused-ring (bicyclic) bond motifs is 1. The predicted octanol–water partition coefficient (Wildman–Crippen LogP) is 1.98. The Labute approximate surface area is 172 Å². The first-order chi connectivity index (χ1) is 14.0. The summed E-state index contributed by atoms with van der Waals surface area (Å²) in [5.74, 6) is -0.419. The summed E-state index contributed by atoms with van der Waals surface area (Å²) in [6.45, 7) is 1.64. The molecule has 4 N–H and O–H groups in total. The van der Waals surface area contributed by atoms with Crippen LogP contribution in [0.3, 0.4) is 0 Å². The lowest BCUT2D eigenvalue weighted by Crippen LogP contribution is -2.36. The zero-order valence-corrected chi connectivity index (χ0v) is 16.8. The van der Waals surface area contributed by atoms with E-state index in [1.54, 1.807) is 24.3 Å². The molecule has 2 aromatic rings. The third-order valence-electron chi connectivity index (χ3n) is 5.34. The molecule has 0 atom stereocenters. The zero-order chi connectivity index (χ0) is 20.4. The number of rotatable bonds is 6. The highest BCUT2D eigenvalue weighted by molar-refractivity contribution is 7.15. The van der Waals surface area contributed by atoms with E-state index in [2.05, 4.69) is 20.5 Å². The third kappa shape index (κ3) is 4.63. The van der Waals surface area contributed by atoms with Crippen molar-refractivity contribution in [3.05, 3.63) is 40.4 Å². The van der Waals surface area contributed by atoms with Gasteiger partial charge in [-0.1, -0.05) is 6.42 Å². The number of carbonyl (C=O) groups excluding carboxylic acids is 3. The fraction of sp³-hybridized carbons (Fsp3) is 0.400. The Morgan fingerprint density at radius 3 is 2.59 bits per heavy atom. The number of hydrogen-bond donors (Lipinski definition) is 3. The molecule has 0 unspecified atom stereocenters. The summed E-state index contributed by atoms with van der Waals surface area (Å²) >= 11 is 1.49. The molecule has 1 saturated carbocycles. The van der Waals surface area contributed by atoms with E-state index in [-0.39, 0.29) is 24.3 Å². The SMILES string of the molecule is NC(=O)c1ccc(NC(=O)CN2CCc3nc(NC(=O)C4CCC4)sc3C2)cc1. The Morgan fingerprint density at radius 1 is 1.17 bits per heavy atom. The minimum atomic E-state index is -0.500. The average molecular weight is 414 g/mol. The number of carbonyl (C=O) groups is 3. The highest BCUT2D eigenvalue weighted by atomic mass is 32.1. The molecular formula is C20H23N5O3S. The van der Waals surface area contributed by atoms with Crippen LogP contribution in [0.4, 0.5) is 10.8 Å². The van der Waals surface area contributed by atoms with Gasteiger partial charge in [-0.3, -0.25) is 19.3 Å². The van der Waals surface area contributed by atoms with Crippen LogP contribution in [0.25, 0.3) is 0 Å². The molecule has 0 saturated heterocycles. The van der Waals surface area contributed by atoms with Gasteiger partial charge in [0, 0.05) is 41.6 Å². The van der Waals surface area contributed by atoms with Crippen LogP contribution < -0.4 is 16.4 Å². The number of anilines is 2. The van der Waals surface area contributed by atoms with Crippen LogP contribution in [0.1, 0.15) is 40.2 Å². The second-order valence-electron chi connectivity index (χ2n) is 7.46. The number of amides is 3. The molecule has 2 aliphatic rings. The molecule has 1 fully saturated rings. The van der Waals surface area contributed by atoms with Gasteiger partial charge in [-0.05, 0) is 37.1 Å². The van der Waals surface area contributed by atoms with Crippen LogP contribution in [0.5, 0.6) is 0 Å². The molecule has 2 heterocycles. The van der Waals surface area contributed by atoms with Crippen LogP contribution in [0.2, 0.25) is 0 Å². The Morgan fingerprint density at radius 2 is 1.93 bits per heavy atom. The summed E-state index contributed by atoms with van der Waals surface area (Å²) in [5, 5.41) is 6.43. The smallest absolute Gasteiger partial charge is 0.248 e. The molecule has 9 heteroatoms. The van der Waals surface area contributed by atoms with E-state index in [4.69, 9.17) is 5.73 Å². The lowest BCUT2D eigenvalue weighted by atomic mass is 9.85. The Hall–Kier alpha value is -2.78. The number of aromatic nitrogens is 1. The zero-order valence-electron chi connectivity index (χ0n) is 15.9. The first kappa shape index (κ1) is 19.5. The van der Waals surface area contributed by atoms with Crippen LogP contribution in [-0.2, 0) is 22.6 Å². The highest BCUT2D eigenvalue weighted by Crippen LogP contribution is 2.31. The Balaban J connectivity index is 1.30. The van der Waals surface area contributed by atoms with Crippen molar-refractivity contribution < 1.29 is 14.4 Å². The van der Waals surface area contributed by atoms with Gasteiger partial charge in [-0.15, -0.1) is 11.3 Å². The van der Waals surface area contributed by atoms with Gasteiger partial charge >= 0.3 is 0 Å². The predicted molar refractivity (Wildman–Crippen MR) is 111 cm³/mol. The van der Waals surface area contributed by atoms with E-state index in [0.717, 1.165) is 42.8 Å². The molecule has 1 aliphatic heterocycles. The van der Waals surface area contributed by atoms with Gasteiger partial charge in [0.15, 0.2) is 5.13 Å². The topological polar surface area (TPSA) is 117 Å². The first-order valence-electron chi connectivity index (χ1n) is 9.69. The molecule has 0 bridgehead atoms. The summed E-state index contributed by atoms with van der Waals surface area (Å²) in [6, 6.07) is 6.49. The van der Waals surface area contributed by atoms with E-state index < -0.39 is 5.91 Å². The van der Waals surface area contributed by atoms with Crippen molar-refractivity contribution in [2.24, 2.45) is 11.7 Å². The Kier molecular flexibility index (Phi) is 5.59. The Bertz CT molecular complexity index is 936. The molecule has 1 aromatic carbocycles. The van der Waals surface area contributed by atoms with Crippen molar-refractivity contribution in [3.8, 4) is 0 Å². The van der Waals surface area contributed by atoms with Crippen molar-refractivity contribution >= 4 is 39.9 Å². The van der Waals surface area contributed by atoms with Crippen molar-refractivity contribution in [3.63, 3.8) is 0 Å². The summed E-state index contributed by atoms with van der Waals surface area (Å²) in [6.07, 6.45) is 3.81. The second-order valence-corrected chi connectivity index (χ2v) is 8.54. The van der Waals surface area contributed by atoms with Gasteiger partial charge in [0.25, 0.3) is 0 Å². The van der Waals surface area contributed by atoms with Crippen molar-refractivity contribution in [1.82, 2.24) is 9.88 Å². The van der Waals surface area contributed by atoms with Crippen LogP contribution in [0, 0.1) is 5.92 Å². The van der Waals surface area contributed by atoms with Gasteiger partial charge in [-0.2, -0.15) is 0 Å². The van der Waals surface area contributed by atoms with Gasteiger partial charge < -0.3 is 16.4 Å². The van der Waals surface area contributed by atoms with E-state index in [1.807, 2.05) is 0 Å². The number of hydrogen-bond acceptors (Lipinski definition) is 6. The van der Waals surface area contributed by atoms with E-state index in [9.17, 15) is 14.4 Å². The number of primary amides is 1. The standard InChI is InChI=1S/C20H23N5O3S/c21-18(27)12-4-6-14(7-5-12)22-17(26)11-25-9-8-15-16(10-25)29-20(23-15)24-19(28)13-2-1-3-13/h4-7,13H,1-3,8-11H2,(H2,21,27)(H,22,26)(H,23,24,28). The van der Waals surface area contributed by atoms with Crippen molar-refractivity contribution in [2.45, 2.75) is 32.2 Å². The minimum Gasteiger partial charge on any atom is -0.366 e. The third-order valence-corrected chi connectivity index (χ3v) is 6.33. The van der Waals surface area contributed by atoms with Crippen molar-refractivity contribution in [2.75, 3.05) is 23.7 Å². The number of nitrogens with zero attached hydrogens (tertiary/aromatic N) is 2. The van der Waals surface area contributed by atoms with Gasteiger partial charge in [0.1, 0.15) is 0 Å². The molecular weight excluding hydrogens is 390 g/mol. The van der Waals surface area contributed by atoms with E-state index in [1.165, 1.54) is 11.3 Å². The van der Waals surface area contributed by atoms with Gasteiger partial charge in [0.05, 0.1) is 12.2 Å². The maximum absolute atomic E-state index is 12.4. The second kappa shape index (κ2) is 8.30. The maximum Gasteiger partial charge on any atom is 0.248 e. The largest absolute Gasteiger partial charge is 0.366 e. The van der Waals surface area contributed by atoms with Crippen LogP contribution in [-0.4, -0.2) is 40.7 Å². The van der Waals surface area contributed by atoms with E-state index >= 15 is 0 Å². The number of nitrogens with two attached hydrogens (primary N) is 1. The molecule has 1 aromatic heterocycles. The summed E-state index contributed by atoms with van der Waals surface area (Å²) < 4.78 is 0. The summed E-state index contributed by atoms with van der Waals surface area (Å²) in [5.41, 5.74) is 7.25.